The molecule has 2 N–H and O–H groups in total. The van der Waals surface area contributed by atoms with Crippen LogP contribution < -0.4 is 5.32 Å². The Morgan fingerprint density at radius 2 is 1.90 bits per heavy atom. The van der Waals surface area contributed by atoms with Crippen LogP contribution in [0.1, 0.15) is 38.3 Å². The van der Waals surface area contributed by atoms with E-state index in [0.29, 0.717) is 26.4 Å². The van der Waals surface area contributed by atoms with E-state index in [1.165, 1.54) is 0 Å². The van der Waals surface area contributed by atoms with E-state index in [9.17, 15) is 5.11 Å². The molecular formula is C16H28N2O3. The molecule has 1 unspecified atom stereocenters. The van der Waals surface area contributed by atoms with E-state index in [1.54, 1.807) is 12.4 Å². The van der Waals surface area contributed by atoms with Crippen molar-refractivity contribution in [3.63, 3.8) is 0 Å². The van der Waals surface area contributed by atoms with Crippen molar-refractivity contribution in [2.24, 2.45) is 0 Å². The molecule has 1 aromatic heterocycles. The van der Waals surface area contributed by atoms with Gasteiger partial charge < -0.3 is 19.9 Å². The monoisotopic (exact) mass is 296 g/mol. The van der Waals surface area contributed by atoms with Gasteiger partial charge in [0.2, 0.25) is 0 Å². The van der Waals surface area contributed by atoms with Crippen molar-refractivity contribution in [3.8, 4) is 0 Å². The molecule has 1 rings (SSSR count). The number of pyridine rings is 1. The smallest absolute Gasteiger partial charge is 0.0897 e. The fraction of sp³-hybridized carbons (Fsp3) is 0.688. The van der Waals surface area contributed by atoms with Gasteiger partial charge >= 0.3 is 0 Å². The van der Waals surface area contributed by atoms with E-state index in [0.717, 1.165) is 25.0 Å². The summed E-state index contributed by atoms with van der Waals surface area (Å²) in [5, 5.41) is 13.1. The zero-order valence-corrected chi connectivity index (χ0v) is 13.1. The number of nitrogens with zero attached hydrogens (tertiary/aromatic N) is 1. The molecule has 120 valence electrons. The Hall–Kier alpha value is -1.01. The SMILES string of the molecule is CCCCOCCOCC(O)CN[C@H](C)c1ccncc1. The molecule has 0 amide bonds. The van der Waals surface area contributed by atoms with Gasteiger partial charge in [-0.15, -0.1) is 0 Å². The number of aliphatic hydroxyl groups excluding tert-OH is 1. The highest BCUT2D eigenvalue weighted by atomic mass is 16.5. The fourth-order valence-electron chi connectivity index (χ4n) is 1.83. The lowest BCUT2D eigenvalue weighted by molar-refractivity contribution is 0.00332. The highest BCUT2D eigenvalue weighted by molar-refractivity contribution is 5.13. The molecular weight excluding hydrogens is 268 g/mol. The third kappa shape index (κ3) is 8.78. The van der Waals surface area contributed by atoms with Crippen molar-refractivity contribution in [3.05, 3.63) is 30.1 Å². The maximum atomic E-state index is 9.85. The van der Waals surface area contributed by atoms with Gasteiger partial charge in [0.15, 0.2) is 0 Å². The molecule has 0 radical (unpaired) electrons. The Morgan fingerprint density at radius 1 is 1.19 bits per heavy atom. The first-order valence-electron chi connectivity index (χ1n) is 7.71. The molecule has 0 saturated heterocycles. The molecule has 0 spiro atoms. The standard InChI is InChI=1S/C16H28N2O3/c1-3-4-9-20-10-11-21-13-16(19)12-18-14(2)15-5-7-17-8-6-15/h5-8,14,16,18-19H,3-4,9-13H2,1-2H3/t14-,16?/m1/s1. The number of aromatic nitrogens is 1. The van der Waals surface area contributed by atoms with E-state index in [1.807, 2.05) is 12.1 Å². The molecule has 21 heavy (non-hydrogen) atoms. The third-order valence-electron chi connectivity index (χ3n) is 3.19. The van der Waals surface area contributed by atoms with Crippen LogP contribution in [0.15, 0.2) is 24.5 Å². The number of ether oxygens (including phenoxy) is 2. The third-order valence-corrected chi connectivity index (χ3v) is 3.19. The van der Waals surface area contributed by atoms with Gasteiger partial charge in [0.05, 0.1) is 25.9 Å². The molecule has 5 heteroatoms. The quantitative estimate of drug-likeness (QED) is 0.577. The molecule has 1 aromatic rings. The van der Waals surface area contributed by atoms with Gasteiger partial charge in [-0.1, -0.05) is 13.3 Å². The minimum absolute atomic E-state index is 0.181. The predicted molar refractivity (Wildman–Crippen MR) is 83.2 cm³/mol. The Bertz CT molecular complexity index is 349. The summed E-state index contributed by atoms with van der Waals surface area (Å²) in [6.45, 7) is 6.93. The van der Waals surface area contributed by atoms with Crippen molar-refractivity contribution in [1.29, 1.82) is 0 Å². The molecule has 0 aliphatic heterocycles. The lowest BCUT2D eigenvalue weighted by Crippen LogP contribution is -2.32. The van der Waals surface area contributed by atoms with Crippen molar-refractivity contribution >= 4 is 0 Å². The molecule has 0 fully saturated rings. The second-order valence-corrected chi connectivity index (χ2v) is 5.11. The fourth-order valence-corrected chi connectivity index (χ4v) is 1.83. The minimum atomic E-state index is -0.509. The Morgan fingerprint density at radius 3 is 2.62 bits per heavy atom. The minimum Gasteiger partial charge on any atom is -0.389 e. The summed E-state index contributed by atoms with van der Waals surface area (Å²) >= 11 is 0. The van der Waals surface area contributed by atoms with Gasteiger partial charge in [0.1, 0.15) is 0 Å². The number of hydrogen-bond donors (Lipinski definition) is 2. The predicted octanol–water partition coefficient (Wildman–Crippen LogP) is 1.93. The largest absolute Gasteiger partial charge is 0.389 e. The molecule has 1 heterocycles. The lowest BCUT2D eigenvalue weighted by atomic mass is 10.1. The van der Waals surface area contributed by atoms with Crippen LogP contribution in [0.25, 0.3) is 0 Å². The summed E-state index contributed by atoms with van der Waals surface area (Å²) in [5.41, 5.74) is 1.16. The van der Waals surface area contributed by atoms with Crippen LogP contribution in [-0.2, 0) is 9.47 Å². The van der Waals surface area contributed by atoms with Crippen LogP contribution in [0.2, 0.25) is 0 Å². The van der Waals surface area contributed by atoms with Crippen molar-refractivity contribution in [2.45, 2.75) is 38.8 Å². The molecule has 0 bridgehead atoms. The molecule has 0 aliphatic carbocycles. The van der Waals surface area contributed by atoms with Gasteiger partial charge in [0.25, 0.3) is 0 Å². The average Bonchev–Trinajstić information content (AvgIpc) is 2.52. The topological polar surface area (TPSA) is 63.6 Å². The maximum Gasteiger partial charge on any atom is 0.0897 e. The van der Waals surface area contributed by atoms with Gasteiger partial charge in [-0.3, -0.25) is 4.98 Å². The summed E-state index contributed by atoms with van der Waals surface area (Å²) in [4.78, 5) is 3.99. The van der Waals surface area contributed by atoms with Crippen LogP contribution in [0, 0.1) is 0 Å². The second kappa shape index (κ2) is 11.6. The summed E-state index contributed by atoms with van der Waals surface area (Å²) in [6.07, 6.45) is 5.25. The first kappa shape index (κ1) is 18.0. The summed E-state index contributed by atoms with van der Waals surface area (Å²) in [7, 11) is 0. The van der Waals surface area contributed by atoms with E-state index >= 15 is 0 Å². The van der Waals surface area contributed by atoms with E-state index in [-0.39, 0.29) is 6.04 Å². The molecule has 0 aliphatic rings. The number of nitrogens with one attached hydrogen (secondary N) is 1. The first-order chi connectivity index (χ1) is 10.2. The van der Waals surface area contributed by atoms with E-state index < -0.39 is 6.10 Å². The van der Waals surface area contributed by atoms with Crippen LogP contribution in [-0.4, -0.2) is 49.2 Å². The summed E-state index contributed by atoms with van der Waals surface area (Å²) < 4.78 is 10.8. The number of aliphatic hydroxyl groups is 1. The number of rotatable bonds is 12. The van der Waals surface area contributed by atoms with Crippen LogP contribution >= 0.6 is 0 Å². The Labute approximate surface area is 127 Å². The highest BCUT2D eigenvalue weighted by Crippen LogP contribution is 2.09. The molecule has 2 atom stereocenters. The van der Waals surface area contributed by atoms with Crippen LogP contribution in [0.4, 0.5) is 0 Å². The number of hydrogen-bond acceptors (Lipinski definition) is 5. The van der Waals surface area contributed by atoms with E-state index in [4.69, 9.17) is 9.47 Å². The zero-order chi connectivity index (χ0) is 15.3. The Balaban J connectivity index is 2.02. The molecule has 0 aromatic carbocycles. The normalized spacial score (nSPS) is 14.0. The Kier molecular flexibility index (Phi) is 9.99. The lowest BCUT2D eigenvalue weighted by Gasteiger charge is -2.17. The summed E-state index contributed by atoms with van der Waals surface area (Å²) in [6, 6.07) is 4.11. The summed E-state index contributed by atoms with van der Waals surface area (Å²) in [5.74, 6) is 0. The highest BCUT2D eigenvalue weighted by Gasteiger charge is 2.08. The van der Waals surface area contributed by atoms with Gasteiger partial charge in [-0.25, -0.2) is 0 Å². The van der Waals surface area contributed by atoms with Gasteiger partial charge in [-0.05, 0) is 31.0 Å². The molecule has 0 saturated carbocycles. The average molecular weight is 296 g/mol. The molecule has 5 nitrogen and oxygen atoms in total. The maximum absolute atomic E-state index is 9.85. The van der Waals surface area contributed by atoms with Crippen molar-refractivity contribution in [2.75, 3.05) is 33.0 Å². The van der Waals surface area contributed by atoms with Crippen molar-refractivity contribution < 1.29 is 14.6 Å². The van der Waals surface area contributed by atoms with Crippen LogP contribution in [0.3, 0.4) is 0 Å². The van der Waals surface area contributed by atoms with Gasteiger partial charge in [-0.2, -0.15) is 0 Å². The zero-order valence-electron chi connectivity index (χ0n) is 13.1. The van der Waals surface area contributed by atoms with Crippen molar-refractivity contribution in [1.82, 2.24) is 10.3 Å². The van der Waals surface area contributed by atoms with Gasteiger partial charge in [0, 0.05) is 31.6 Å². The number of unbranched alkanes of at least 4 members (excludes halogenated alkanes) is 1. The van der Waals surface area contributed by atoms with E-state index in [2.05, 4.69) is 24.1 Å². The van der Waals surface area contributed by atoms with Crippen LogP contribution in [0.5, 0.6) is 0 Å². The first-order valence-corrected chi connectivity index (χ1v) is 7.71. The second-order valence-electron chi connectivity index (χ2n) is 5.11.